The van der Waals surface area contributed by atoms with Gasteiger partial charge in [0.2, 0.25) is 0 Å². The summed E-state index contributed by atoms with van der Waals surface area (Å²) in [6.07, 6.45) is -1.68. The van der Waals surface area contributed by atoms with Crippen LogP contribution in [0.2, 0.25) is 0 Å². The molecule has 0 aliphatic rings. The highest BCUT2D eigenvalue weighted by atomic mass is 19.3. The van der Waals surface area contributed by atoms with Gasteiger partial charge >= 0.3 is 0 Å². The maximum Gasteiger partial charge on any atom is 0.266 e. The molecule has 32 heavy (non-hydrogen) atoms. The van der Waals surface area contributed by atoms with Gasteiger partial charge in [0.05, 0.1) is 22.6 Å². The summed E-state index contributed by atoms with van der Waals surface area (Å²) in [5, 5.41) is 12.8. The topological polar surface area (TPSA) is 83.6 Å². The number of benzene rings is 2. The maximum absolute atomic E-state index is 14.4. The molecule has 0 fully saturated rings. The highest BCUT2D eigenvalue weighted by molar-refractivity contribution is 5.90. The Morgan fingerprint density at radius 2 is 1.91 bits per heavy atom. The summed E-state index contributed by atoms with van der Waals surface area (Å²) in [7, 11) is 1.55. The molecule has 0 unspecified atom stereocenters. The van der Waals surface area contributed by atoms with Gasteiger partial charge in [-0.15, -0.1) is 0 Å². The fourth-order valence-electron chi connectivity index (χ4n) is 3.50. The van der Waals surface area contributed by atoms with Crippen LogP contribution in [0.25, 0.3) is 22.2 Å². The van der Waals surface area contributed by atoms with Crippen molar-refractivity contribution in [1.82, 2.24) is 14.5 Å². The number of pyridine rings is 1. The molecular weight excluding hydrogens is 419 g/mol. The molecule has 0 atom stereocenters. The van der Waals surface area contributed by atoms with E-state index in [4.69, 9.17) is 0 Å². The molecule has 6 nitrogen and oxygen atoms in total. The number of hydrogen-bond acceptors (Lipinski definition) is 5. The van der Waals surface area contributed by atoms with E-state index in [0.29, 0.717) is 28.0 Å². The standard InChI is InChI=1S/C23H16F3N5O/c1-31-22-18(9-17(23(31)32)15-7-3-2-5-13(15)10-27)21(29-12-30-22)28-11-14-6-4-8-16(19(14)24)20(25)26/h2-9,12,20H,11H2,1H3,(H,28,29,30). The predicted molar refractivity (Wildman–Crippen MR) is 114 cm³/mol. The second kappa shape index (κ2) is 8.51. The van der Waals surface area contributed by atoms with E-state index in [1.54, 1.807) is 37.4 Å². The number of nitriles is 1. The third-order valence-corrected chi connectivity index (χ3v) is 5.13. The van der Waals surface area contributed by atoms with Crippen molar-refractivity contribution < 1.29 is 13.2 Å². The lowest BCUT2D eigenvalue weighted by atomic mass is 10.0. The number of nitrogens with zero attached hydrogens (tertiary/aromatic N) is 4. The highest BCUT2D eigenvalue weighted by Gasteiger charge is 2.18. The van der Waals surface area contributed by atoms with E-state index in [0.717, 1.165) is 6.07 Å². The number of nitrogens with one attached hydrogen (secondary N) is 1. The van der Waals surface area contributed by atoms with Gasteiger partial charge in [-0.25, -0.2) is 23.1 Å². The zero-order valence-corrected chi connectivity index (χ0v) is 16.8. The zero-order chi connectivity index (χ0) is 22.8. The predicted octanol–water partition coefficient (Wildman–Crippen LogP) is 4.56. The molecule has 0 bridgehead atoms. The van der Waals surface area contributed by atoms with Crippen LogP contribution in [0.4, 0.5) is 19.0 Å². The van der Waals surface area contributed by atoms with E-state index in [1.165, 1.54) is 23.0 Å². The van der Waals surface area contributed by atoms with Gasteiger partial charge in [-0.2, -0.15) is 5.26 Å². The number of anilines is 1. The quantitative estimate of drug-likeness (QED) is 0.497. The van der Waals surface area contributed by atoms with E-state index in [1.807, 2.05) is 0 Å². The highest BCUT2D eigenvalue weighted by Crippen LogP contribution is 2.27. The third kappa shape index (κ3) is 3.67. The Morgan fingerprint density at radius 3 is 2.66 bits per heavy atom. The summed E-state index contributed by atoms with van der Waals surface area (Å²) in [6, 6.07) is 14.2. The van der Waals surface area contributed by atoms with Crippen molar-refractivity contribution in [2.45, 2.75) is 13.0 Å². The number of halogens is 3. The van der Waals surface area contributed by atoms with E-state index >= 15 is 0 Å². The molecule has 0 radical (unpaired) electrons. The van der Waals surface area contributed by atoms with E-state index in [-0.39, 0.29) is 23.2 Å². The van der Waals surface area contributed by atoms with Crippen molar-refractivity contribution >= 4 is 16.9 Å². The minimum atomic E-state index is -2.92. The first-order valence-corrected chi connectivity index (χ1v) is 9.56. The Morgan fingerprint density at radius 1 is 1.12 bits per heavy atom. The normalized spacial score (nSPS) is 11.0. The van der Waals surface area contributed by atoms with E-state index in [9.17, 15) is 23.2 Å². The van der Waals surface area contributed by atoms with Crippen molar-refractivity contribution in [3.8, 4) is 17.2 Å². The molecule has 4 rings (SSSR count). The Hall–Kier alpha value is -4.19. The van der Waals surface area contributed by atoms with Gasteiger partial charge in [0.1, 0.15) is 23.6 Å². The largest absolute Gasteiger partial charge is 0.365 e. The van der Waals surface area contributed by atoms with E-state index in [2.05, 4.69) is 21.4 Å². The monoisotopic (exact) mass is 435 g/mol. The van der Waals surface area contributed by atoms with Crippen molar-refractivity contribution in [2.24, 2.45) is 7.05 Å². The van der Waals surface area contributed by atoms with Gasteiger partial charge in [-0.05, 0) is 12.1 Å². The molecule has 0 saturated heterocycles. The number of alkyl halides is 2. The molecule has 1 N–H and O–H groups in total. The van der Waals surface area contributed by atoms with Gasteiger partial charge in [0.15, 0.2) is 0 Å². The minimum absolute atomic E-state index is 0.0504. The molecule has 160 valence electrons. The van der Waals surface area contributed by atoms with Crippen LogP contribution in [-0.4, -0.2) is 14.5 Å². The van der Waals surface area contributed by atoms with Crippen LogP contribution in [-0.2, 0) is 13.6 Å². The molecule has 0 aliphatic carbocycles. The lowest BCUT2D eigenvalue weighted by Gasteiger charge is -2.13. The summed E-state index contributed by atoms with van der Waals surface area (Å²) in [5.41, 5.74) is 0.433. The number of fused-ring (bicyclic) bond motifs is 1. The number of aryl methyl sites for hydroxylation is 1. The molecule has 0 saturated carbocycles. The van der Waals surface area contributed by atoms with Crippen LogP contribution < -0.4 is 10.9 Å². The average Bonchev–Trinajstić information content (AvgIpc) is 2.80. The molecule has 0 aliphatic heterocycles. The summed E-state index contributed by atoms with van der Waals surface area (Å²) < 4.78 is 41.7. The van der Waals surface area contributed by atoms with Crippen molar-refractivity contribution in [1.29, 1.82) is 5.26 Å². The lowest BCUT2D eigenvalue weighted by molar-refractivity contribution is 0.146. The first-order valence-electron chi connectivity index (χ1n) is 9.56. The average molecular weight is 435 g/mol. The third-order valence-electron chi connectivity index (χ3n) is 5.13. The van der Waals surface area contributed by atoms with Crippen LogP contribution in [0.5, 0.6) is 0 Å². The Kier molecular flexibility index (Phi) is 5.60. The summed E-state index contributed by atoms with van der Waals surface area (Å²) >= 11 is 0. The van der Waals surface area contributed by atoms with Crippen molar-refractivity contribution in [3.63, 3.8) is 0 Å². The number of aromatic nitrogens is 3. The van der Waals surface area contributed by atoms with Gasteiger partial charge in [0, 0.05) is 30.3 Å². The Labute approximate surface area is 180 Å². The fourth-order valence-corrected chi connectivity index (χ4v) is 3.50. The number of hydrogen-bond donors (Lipinski definition) is 1. The van der Waals surface area contributed by atoms with Crippen molar-refractivity contribution in [3.05, 3.63) is 87.7 Å². The maximum atomic E-state index is 14.4. The summed E-state index contributed by atoms with van der Waals surface area (Å²) in [5.74, 6) is -0.687. The van der Waals surface area contributed by atoms with Crippen LogP contribution in [0, 0.1) is 17.1 Å². The smallest absolute Gasteiger partial charge is 0.266 e. The lowest BCUT2D eigenvalue weighted by Crippen LogP contribution is -2.20. The molecule has 0 spiro atoms. The molecule has 2 heterocycles. The van der Waals surface area contributed by atoms with Crippen LogP contribution >= 0.6 is 0 Å². The van der Waals surface area contributed by atoms with Crippen LogP contribution in [0.3, 0.4) is 0 Å². The van der Waals surface area contributed by atoms with Gasteiger partial charge in [-0.3, -0.25) is 9.36 Å². The second-order valence-electron chi connectivity index (χ2n) is 7.01. The molecule has 2 aromatic carbocycles. The van der Waals surface area contributed by atoms with Gasteiger partial charge in [0.25, 0.3) is 12.0 Å². The summed E-state index contributed by atoms with van der Waals surface area (Å²) in [4.78, 5) is 21.3. The van der Waals surface area contributed by atoms with Gasteiger partial charge < -0.3 is 5.32 Å². The zero-order valence-electron chi connectivity index (χ0n) is 16.8. The molecule has 4 aromatic rings. The Bertz CT molecular complexity index is 1430. The fraction of sp³-hybridized carbons (Fsp3) is 0.130. The van der Waals surface area contributed by atoms with E-state index < -0.39 is 17.8 Å². The SMILES string of the molecule is Cn1c(=O)c(-c2ccccc2C#N)cc2c(NCc3cccc(C(F)F)c3F)ncnc21. The second-order valence-corrected chi connectivity index (χ2v) is 7.01. The van der Waals surface area contributed by atoms with Gasteiger partial charge in [-0.1, -0.05) is 36.4 Å². The minimum Gasteiger partial charge on any atom is -0.365 e. The Balaban J connectivity index is 1.81. The molecule has 2 aromatic heterocycles. The molecule has 0 amide bonds. The van der Waals surface area contributed by atoms with Crippen LogP contribution in [0.1, 0.15) is 23.1 Å². The number of rotatable bonds is 5. The molecule has 9 heteroatoms. The first-order chi connectivity index (χ1) is 15.4. The van der Waals surface area contributed by atoms with Crippen molar-refractivity contribution in [2.75, 3.05) is 5.32 Å². The van der Waals surface area contributed by atoms with Crippen LogP contribution in [0.15, 0.2) is 59.7 Å². The summed E-state index contributed by atoms with van der Waals surface area (Å²) in [6.45, 7) is -0.106. The molecular formula is C23H16F3N5O. The first kappa shape index (κ1) is 21.1.